The summed E-state index contributed by atoms with van der Waals surface area (Å²) < 4.78 is 45.4. The summed E-state index contributed by atoms with van der Waals surface area (Å²) >= 11 is 0. The van der Waals surface area contributed by atoms with E-state index < -0.39 is 46.8 Å². The summed E-state index contributed by atoms with van der Waals surface area (Å²) in [6, 6.07) is 1.02. The van der Waals surface area contributed by atoms with Gasteiger partial charge in [-0.15, -0.1) is 0 Å². The van der Waals surface area contributed by atoms with Gasteiger partial charge in [0.25, 0.3) is 0 Å². The molecule has 0 spiro atoms. The summed E-state index contributed by atoms with van der Waals surface area (Å²) in [7, 11) is 0. The average Bonchev–Trinajstić information content (AvgIpc) is 2.46. The van der Waals surface area contributed by atoms with Crippen molar-refractivity contribution in [3.05, 3.63) is 35.1 Å². The van der Waals surface area contributed by atoms with E-state index in [9.17, 15) is 22.8 Å². The fourth-order valence-electron chi connectivity index (χ4n) is 2.07. The first-order chi connectivity index (χ1) is 11.0. The van der Waals surface area contributed by atoms with Crippen LogP contribution in [0.4, 0.5) is 13.2 Å². The van der Waals surface area contributed by atoms with Gasteiger partial charge in [-0.1, -0.05) is 6.92 Å². The van der Waals surface area contributed by atoms with Crippen LogP contribution in [0, 0.1) is 29.3 Å². The molecule has 0 aliphatic rings. The Hall–Kier alpha value is -2.09. The number of hydrogen-bond donors (Lipinski definition) is 1. The molecular weight excluding hydrogens is 327 g/mol. The number of halogens is 3. The van der Waals surface area contributed by atoms with E-state index in [1.165, 1.54) is 6.92 Å². The van der Waals surface area contributed by atoms with Gasteiger partial charge in [0.1, 0.15) is 11.4 Å². The van der Waals surface area contributed by atoms with Gasteiger partial charge in [0.2, 0.25) is 0 Å². The van der Waals surface area contributed by atoms with E-state index in [0.29, 0.717) is 12.1 Å². The van der Waals surface area contributed by atoms with Crippen LogP contribution in [0.25, 0.3) is 0 Å². The van der Waals surface area contributed by atoms with Gasteiger partial charge < -0.3 is 9.57 Å². The Bertz CT molecular complexity index is 628. The van der Waals surface area contributed by atoms with Gasteiger partial charge in [-0.25, -0.2) is 13.2 Å². The van der Waals surface area contributed by atoms with Crippen LogP contribution in [-0.2, 0) is 25.6 Å². The SMILES string of the molecule is CC(C(=O)ON)C(Cc1cc(F)c(F)cc1F)C(=O)OC(C)(C)C. The highest BCUT2D eigenvalue weighted by molar-refractivity contribution is 5.82. The highest BCUT2D eigenvalue weighted by Gasteiger charge is 2.35. The van der Waals surface area contributed by atoms with Crippen molar-refractivity contribution in [2.45, 2.75) is 39.7 Å². The van der Waals surface area contributed by atoms with Crippen molar-refractivity contribution in [2.75, 3.05) is 0 Å². The lowest BCUT2D eigenvalue weighted by Crippen LogP contribution is -2.37. The Balaban J connectivity index is 3.16. The maximum absolute atomic E-state index is 13.8. The third kappa shape index (κ3) is 5.23. The Morgan fingerprint density at radius 3 is 2.12 bits per heavy atom. The third-order valence-corrected chi connectivity index (χ3v) is 3.33. The molecule has 1 aromatic carbocycles. The standard InChI is InChI=1S/C16H20F3NO4/c1-8(14(21)24-20)10(15(22)23-16(2,3)4)5-9-6-12(18)13(19)7-11(9)17/h6-8,10H,5,20H2,1-4H3. The smallest absolute Gasteiger partial charge is 0.328 e. The molecular formula is C16H20F3NO4. The van der Waals surface area contributed by atoms with Crippen LogP contribution >= 0.6 is 0 Å². The molecule has 2 N–H and O–H groups in total. The van der Waals surface area contributed by atoms with Crippen molar-refractivity contribution < 1.29 is 32.3 Å². The summed E-state index contributed by atoms with van der Waals surface area (Å²) in [5.74, 6) is -2.78. The molecule has 0 heterocycles. The van der Waals surface area contributed by atoms with Crippen molar-refractivity contribution in [2.24, 2.45) is 17.7 Å². The number of nitrogens with two attached hydrogens (primary N) is 1. The van der Waals surface area contributed by atoms with E-state index >= 15 is 0 Å². The molecule has 2 atom stereocenters. The monoisotopic (exact) mass is 347 g/mol. The van der Waals surface area contributed by atoms with Crippen LogP contribution in [0.3, 0.4) is 0 Å². The fraction of sp³-hybridized carbons (Fsp3) is 0.500. The molecule has 5 nitrogen and oxygen atoms in total. The van der Waals surface area contributed by atoms with E-state index in [4.69, 9.17) is 10.6 Å². The Kier molecular flexibility index (Phi) is 6.36. The molecule has 0 radical (unpaired) electrons. The molecule has 2 unspecified atom stereocenters. The summed E-state index contributed by atoms with van der Waals surface area (Å²) in [6.45, 7) is 6.20. The maximum atomic E-state index is 13.8. The third-order valence-electron chi connectivity index (χ3n) is 3.33. The number of carbonyl (C=O) groups excluding carboxylic acids is 2. The molecule has 24 heavy (non-hydrogen) atoms. The first kappa shape index (κ1) is 20.0. The van der Waals surface area contributed by atoms with E-state index in [1.54, 1.807) is 20.8 Å². The predicted octanol–water partition coefficient (Wildman–Crippen LogP) is 2.66. The minimum absolute atomic E-state index is 0.263. The van der Waals surface area contributed by atoms with Crippen molar-refractivity contribution in [1.82, 2.24) is 0 Å². The molecule has 0 fully saturated rings. The zero-order chi connectivity index (χ0) is 18.7. The van der Waals surface area contributed by atoms with Crippen LogP contribution < -0.4 is 5.90 Å². The van der Waals surface area contributed by atoms with E-state index in [1.807, 2.05) is 0 Å². The summed E-state index contributed by atoms with van der Waals surface area (Å²) in [5, 5.41) is 0. The van der Waals surface area contributed by atoms with Gasteiger partial charge >= 0.3 is 11.9 Å². The van der Waals surface area contributed by atoms with E-state index in [0.717, 1.165) is 0 Å². The van der Waals surface area contributed by atoms with Crippen LogP contribution in [0.5, 0.6) is 0 Å². The normalized spacial score (nSPS) is 14.0. The number of esters is 1. The van der Waals surface area contributed by atoms with Crippen molar-refractivity contribution in [3.8, 4) is 0 Å². The lowest BCUT2D eigenvalue weighted by molar-refractivity contribution is -0.167. The van der Waals surface area contributed by atoms with Crippen LogP contribution in [0.1, 0.15) is 33.3 Å². The minimum Gasteiger partial charge on any atom is -0.460 e. The molecule has 0 aromatic heterocycles. The van der Waals surface area contributed by atoms with Crippen LogP contribution in [-0.4, -0.2) is 17.5 Å². The molecule has 134 valence electrons. The first-order valence-corrected chi connectivity index (χ1v) is 7.23. The molecule has 1 rings (SSSR count). The zero-order valence-electron chi connectivity index (χ0n) is 13.9. The van der Waals surface area contributed by atoms with Gasteiger partial charge in [-0.3, -0.25) is 9.59 Å². The number of ether oxygens (including phenoxy) is 1. The number of benzene rings is 1. The van der Waals surface area contributed by atoms with Crippen molar-refractivity contribution in [1.29, 1.82) is 0 Å². The number of hydrogen-bond acceptors (Lipinski definition) is 5. The molecule has 0 saturated heterocycles. The molecule has 8 heteroatoms. The van der Waals surface area contributed by atoms with Gasteiger partial charge in [0.15, 0.2) is 11.6 Å². The predicted molar refractivity (Wildman–Crippen MR) is 78.8 cm³/mol. The van der Waals surface area contributed by atoms with E-state index in [2.05, 4.69) is 4.84 Å². The fourth-order valence-corrected chi connectivity index (χ4v) is 2.07. The van der Waals surface area contributed by atoms with Crippen molar-refractivity contribution >= 4 is 11.9 Å². The number of rotatable bonds is 5. The Labute approximate surface area is 137 Å². The largest absolute Gasteiger partial charge is 0.460 e. The summed E-state index contributed by atoms with van der Waals surface area (Å²) in [4.78, 5) is 28.1. The van der Waals surface area contributed by atoms with Gasteiger partial charge in [-0.05, 0) is 38.8 Å². The lowest BCUT2D eigenvalue weighted by Gasteiger charge is -2.26. The summed E-state index contributed by atoms with van der Waals surface area (Å²) in [6.07, 6.45) is -0.381. The average molecular weight is 347 g/mol. The van der Waals surface area contributed by atoms with Gasteiger partial charge in [0, 0.05) is 6.07 Å². The zero-order valence-corrected chi connectivity index (χ0v) is 13.9. The van der Waals surface area contributed by atoms with E-state index in [-0.39, 0.29) is 12.0 Å². The molecule has 0 bridgehead atoms. The summed E-state index contributed by atoms with van der Waals surface area (Å²) in [5.41, 5.74) is -1.12. The maximum Gasteiger partial charge on any atom is 0.328 e. The second-order valence-corrected chi connectivity index (χ2v) is 6.43. The van der Waals surface area contributed by atoms with Gasteiger partial charge in [0.05, 0.1) is 11.8 Å². The molecule has 0 aliphatic carbocycles. The topological polar surface area (TPSA) is 78.6 Å². The second kappa shape index (κ2) is 7.65. The van der Waals surface area contributed by atoms with Crippen LogP contribution in [0.2, 0.25) is 0 Å². The molecule has 0 aliphatic heterocycles. The van der Waals surface area contributed by atoms with Gasteiger partial charge in [-0.2, -0.15) is 5.90 Å². The Morgan fingerprint density at radius 2 is 1.62 bits per heavy atom. The van der Waals surface area contributed by atoms with Crippen molar-refractivity contribution in [3.63, 3.8) is 0 Å². The molecule has 1 aromatic rings. The second-order valence-electron chi connectivity index (χ2n) is 6.43. The quantitative estimate of drug-likeness (QED) is 0.503. The minimum atomic E-state index is -1.35. The number of carbonyl (C=O) groups is 2. The van der Waals surface area contributed by atoms with Crippen LogP contribution in [0.15, 0.2) is 12.1 Å². The highest BCUT2D eigenvalue weighted by Crippen LogP contribution is 2.25. The molecule has 0 saturated carbocycles. The first-order valence-electron chi connectivity index (χ1n) is 7.23. The Morgan fingerprint density at radius 1 is 1.08 bits per heavy atom. The lowest BCUT2D eigenvalue weighted by atomic mass is 9.87. The molecule has 0 amide bonds. The highest BCUT2D eigenvalue weighted by atomic mass is 19.2.